The van der Waals surface area contributed by atoms with Crippen molar-refractivity contribution in [3.63, 3.8) is 0 Å². The fourth-order valence-corrected chi connectivity index (χ4v) is 1.63. The van der Waals surface area contributed by atoms with Crippen LogP contribution in [0.15, 0.2) is 24.3 Å². The number of primary amides is 1. The molecule has 0 unspecified atom stereocenters. The van der Waals surface area contributed by atoms with Gasteiger partial charge in [-0.2, -0.15) is 0 Å². The highest BCUT2D eigenvalue weighted by atomic mass is 16.5. The summed E-state index contributed by atoms with van der Waals surface area (Å²) in [5.74, 6) is -2.15. The highest BCUT2D eigenvalue weighted by Gasteiger charge is 2.22. The lowest BCUT2D eigenvalue weighted by Crippen LogP contribution is -2.45. The Kier molecular flexibility index (Phi) is 6.15. The van der Waals surface area contributed by atoms with Gasteiger partial charge in [-0.05, 0) is 17.7 Å². The average Bonchev–Trinajstić information content (AvgIpc) is 2.38. The number of amides is 3. The van der Waals surface area contributed by atoms with E-state index in [2.05, 4.69) is 10.6 Å². The van der Waals surface area contributed by atoms with Crippen LogP contribution in [-0.2, 0) is 20.9 Å². The third-order valence-electron chi connectivity index (χ3n) is 2.50. The summed E-state index contributed by atoms with van der Waals surface area (Å²) in [6.45, 7) is 0.385. The van der Waals surface area contributed by atoms with Crippen LogP contribution in [0.2, 0.25) is 0 Å². The predicted molar refractivity (Wildman–Crippen MR) is 74.5 cm³/mol. The van der Waals surface area contributed by atoms with Gasteiger partial charge in [-0.3, -0.25) is 4.79 Å². The minimum atomic E-state index is -1.37. The predicted octanol–water partition coefficient (Wildman–Crippen LogP) is 0.283. The Bertz CT molecular complexity index is 532. The number of ether oxygens (including phenoxy) is 1. The summed E-state index contributed by atoms with van der Waals surface area (Å²) in [7, 11) is 1.55. The first-order valence-electron chi connectivity index (χ1n) is 6.09. The minimum absolute atomic E-state index is 0.385. The maximum absolute atomic E-state index is 11.7. The van der Waals surface area contributed by atoms with E-state index in [0.717, 1.165) is 5.56 Å². The monoisotopic (exact) mass is 295 g/mol. The maximum atomic E-state index is 11.7. The molecule has 1 aromatic carbocycles. The molecule has 8 heteroatoms. The van der Waals surface area contributed by atoms with Crippen molar-refractivity contribution in [2.75, 3.05) is 12.4 Å². The lowest BCUT2D eigenvalue weighted by Gasteiger charge is -2.14. The quantitative estimate of drug-likeness (QED) is 0.574. The molecule has 1 aromatic rings. The van der Waals surface area contributed by atoms with Gasteiger partial charge in [-0.25, -0.2) is 9.59 Å². The number of hydrogen-bond acceptors (Lipinski definition) is 4. The Morgan fingerprint density at radius 3 is 2.67 bits per heavy atom. The Morgan fingerprint density at radius 2 is 2.10 bits per heavy atom. The van der Waals surface area contributed by atoms with E-state index in [9.17, 15) is 14.4 Å². The van der Waals surface area contributed by atoms with Crippen molar-refractivity contribution in [3.05, 3.63) is 29.8 Å². The van der Waals surface area contributed by atoms with Crippen molar-refractivity contribution in [3.8, 4) is 0 Å². The topological polar surface area (TPSA) is 131 Å². The fourth-order valence-electron chi connectivity index (χ4n) is 1.63. The molecule has 1 rings (SSSR count). The summed E-state index contributed by atoms with van der Waals surface area (Å²) in [6.07, 6.45) is -0.480. The van der Waals surface area contributed by atoms with Crippen LogP contribution in [-0.4, -0.2) is 36.2 Å². The fraction of sp³-hybridized carbons (Fsp3) is 0.308. The number of hydrogen-bond donors (Lipinski definition) is 4. The number of carboxylic acids is 1. The maximum Gasteiger partial charge on any atom is 0.326 e. The number of anilines is 1. The first-order chi connectivity index (χ1) is 9.92. The second-order valence-electron chi connectivity index (χ2n) is 4.29. The van der Waals surface area contributed by atoms with Crippen LogP contribution < -0.4 is 16.4 Å². The van der Waals surface area contributed by atoms with Gasteiger partial charge >= 0.3 is 12.0 Å². The minimum Gasteiger partial charge on any atom is -0.480 e. The highest BCUT2D eigenvalue weighted by molar-refractivity contribution is 5.93. The van der Waals surface area contributed by atoms with Gasteiger partial charge in [-0.1, -0.05) is 12.1 Å². The Hall–Kier alpha value is -2.61. The van der Waals surface area contributed by atoms with E-state index in [1.165, 1.54) is 0 Å². The molecule has 0 saturated heterocycles. The van der Waals surface area contributed by atoms with E-state index >= 15 is 0 Å². The first-order valence-corrected chi connectivity index (χ1v) is 6.09. The van der Waals surface area contributed by atoms with Gasteiger partial charge in [0, 0.05) is 12.8 Å². The standard InChI is InChI=1S/C13H17N3O5/c1-21-7-8-3-2-4-9(5-8)15-13(20)16-10(12(18)19)6-11(14)17/h2-5,10H,6-7H2,1H3,(H2,14,17)(H,18,19)(H2,15,16,20)/t10-/m0/s1. The molecule has 0 aliphatic carbocycles. The number of carboxylic acid groups (broad SMARTS) is 1. The number of carbonyl (C=O) groups excluding carboxylic acids is 2. The first kappa shape index (κ1) is 16.4. The smallest absolute Gasteiger partial charge is 0.326 e. The van der Waals surface area contributed by atoms with Crippen molar-refractivity contribution < 1.29 is 24.2 Å². The molecule has 0 aliphatic heterocycles. The molecule has 21 heavy (non-hydrogen) atoms. The number of aliphatic carboxylic acids is 1. The van der Waals surface area contributed by atoms with Crippen LogP contribution in [0.25, 0.3) is 0 Å². The van der Waals surface area contributed by atoms with Gasteiger partial charge in [0.05, 0.1) is 13.0 Å². The van der Waals surface area contributed by atoms with Gasteiger partial charge in [0.25, 0.3) is 0 Å². The summed E-state index contributed by atoms with van der Waals surface area (Å²) in [4.78, 5) is 33.3. The molecule has 114 valence electrons. The molecule has 0 spiro atoms. The van der Waals surface area contributed by atoms with Crippen LogP contribution in [0.1, 0.15) is 12.0 Å². The number of methoxy groups -OCH3 is 1. The molecule has 8 nitrogen and oxygen atoms in total. The molecular formula is C13H17N3O5. The Labute approximate surface area is 121 Å². The van der Waals surface area contributed by atoms with Crippen molar-refractivity contribution in [2.45, 2.75) is 19.1 Å². The van der Waals surface area contributed by atoms with Crippen molar-refractivity contribution in [1.82, 2.24) is 5.32 Å². The molecule has 0 saturated carbocycles. The van der Waals surface area contributed by atoms with Crippen LogP contribution in [0.4, 0.5) is 10.5 Å². The van der Waals surface area contributed by atoms with Gasteiger partial charge < -0.3 is 26.2 Å². The molecule has 3 amide bonds. The number of nitrogens with two attached hydrogens (primary N) is 1. The number of benzene rings is 1. The zero-order valence-electron chi connectivity index (χ0n) is 11.5. The van der Waals surface area contributed by atoms with E-state index in [4.69, 9.17) is 15.6 Å². The summed E-state index contributed by atoms with van der Waals surface area (Å²) in [5, 5.41) is 13.5. The number of carbonyl (C=O) groups is 3. The van der Waals surface area contributed by atoms with Gasteiger partial charge in [0.1, 0.15) is 6.04 Å². The summed E-state index contributed by atoms with van der Waals surface area (Å²) in [6, 6.07) is 4.76. The van der Waals surface area contributed by atoms with E-state index in [-0.39, 0.29) is 0 Å². The number of rotatable bonds is 7. The van der Waals surface area contributed by atoms with E-state index < -0.39 is 30.4 Å². The van der Waals surface area contributed by atoms with Gasteiger partial charge in [0.15, 0.2) is 0 Å². The normalized spacial score (nSPS) is 11.5. The van der Waals surface area contributed by atoms with Crippen LogP contribution >= 0.6 is 0 Å². The molecular weight excluding hydrogens is 278 g/mol. The SMILES string of the molecule is COCc1cccc(NC(=O)N[C@@H](CC(N)=O)C(=O)O)c1. The summed E-state index contributed by atoms with van der Waals surface area (Å²) in [5.41, 5.74) is 6.25. The summed E-state index contributed by atoms with van der Waals surface area (Å²) >= 11 is 0. The molecule has 0 radical (unpaired) electrons. The van der Waals surface area contributed by atoms with Crippen molar-refractivity contribution >= 4 is 23.6 Å². The second kappa shape index (κ2) is 7.85. The van der Waals surface area contributed by atoms with E-state index in [1.807, 2.05) is 6.07 Å². The van der Waals surface area contributed by atoms with Crippen molar-refractivity contribution in [2.24, 2.45) is 5.73 Å². The second-order valence-corrected chi connectivity index (χ2v) is 4.29. The third-order valence-corrected chi connectivity index (χ3v) is 2.50. The molecule has 0 heterocycles. The largest absolute Gasteiger partial charge is 0.480 e. The Morgan fingerprint density at radius 1 is 1.38 bits per heavy atom. The van der Waals surface area contributed by atoms with Crippen LogP contribution in [0.3, 0.4) is 0 Å². The van der Waals surface area contributed by atoms with E-state index in [1.54, 1.807) is 25.3 Å². The van der Waals surface area contributed by atoms with Gasteiger partial charge in [-0.15, -0.1) is 0 Å². The van der Waals surface area contributed by atoms with Crippen molar-refractivity contribution in [1.29, 1.82) is 0 Å². The van der Waals surface area contributed by atoms with Gasteiger partial charge in [0.2, 0.25) is 5.91 Å². The molecule has 0 aliphatic rings. The lowest BCUT2D eigenvalue weighted by molar-refractivity contribution is -0.140. The molecule has 0 bridgehead atoms. The van der Waals surface area contributed by atoms with Crippen LogP contribution in [0, 0.1) is 0 Å². The zero-order chi connectivity index (χ0) is 15.8. The molecule has 0 fully saturated rings. The number of nitrogens with one attached hydrogen (secondary N) is 2. The lowest BCUT2D eigenvalue weighted by atomic mass is 10.2. The highest BCUT2D eigenvalue weighted by Crippen LogP contribution is 2.11. The molecule has 0 aromatic heterocycles. The molecule has 5 N–H and O–H groups in total. The Balaban J connectivity index is 2.65. The average molecular weight is 295 g/mol. The summed E-state index contributed by atoms with van der Waals surface area (Å²) < 4.78 is 4.97. The third kappa shape index (κ3) is 5.91. The zero-order valence-corrected chi connectivity index (χ0v) is 11.5. The molecule has 1 atom stereocenters. The van der Waals surface area contributed by atoms with Crippen LogP contribution in [0.5, 0.6) is 0 Å². The van der Waals surface area contributed by atoms with E-state index in [0.29, 0.717) is 12.3 Å². The number of urea groups is 1.